The molecule has 1 N–H and O–H groups in total. The SMILES string of the molecule is C[C@@H](C(=O)N(C)CC(=O)N1CCC(C(=O)O)CC1)c1ccccc1. The van der Waals surface area contributed by atoms with Crippen molar-refractivity contribution in [3.8, 4) is 0 Å². The number of hydrogen-bond donors (Lipinski definition) is 1. The summed E-state index contributed by atoms with van der Waals surface area (Å²) in [6.07, 6.45) is 0.943. The molecular formula is C18H24N2O4. The minimum atomic E-state index is -0.800. The van der Waals surface area contributed by atoms with E-state index in [9.17, 15) is 14.4 Å². The summed E-state index contributed by atoms with van der Waals surface area (Å²) in [7, 11) is 1.63. The summed E-state index contributed by atoms with van der Waals surface area (Å²) in [5.41, 5.74) is 0.920. The van der Waals surface area contributed by atoms with E-state index in [0.717, 1.165) is 5.56 Å². The second-order valence-electron chi connectivity index (χ2n) is 6.32. The highest BCUT2D eigenvalue weighted by molar-refractivity contribution is 5.88. The molecule has 1 atom stereocenters. The first-order valence-electron chi connectivity index (χ1n) is 8.20. The molecule has 6 nitrogen and oxygen atoms in total. The molecule has 0 radical (unpaired) electrons. The predicted molar refractivity (Wildman–Crippen MR) is 89.4 cm³/mol. The Balaban J connectivity index is 1.87. The van der Waals surface area contributed by atoms with Crippen LogP contribution in [-0.4, -0.2) is 59.4 Å². The molecule has 1 aliphatic rings. The van der Waals surface area contributed by atoms with Crippen LogP contribution in [0.5, 0.6) is 0 Å². The third kappa shape index (κ3) is 4.34. The van der Waals surface area contributed by atoms with Gasteiger partial charge in [-0.1, -0.05) is 30.3 Å². The van der Waals surface area contributed by atoms with E-state index in [2.05, 4.69) is 0 Å². The quantitative estimate of drug-likeness (QED) is 0.888. The van der Waals surface area contributed by atoms with Crippen LogP contribution in [0.15, 0.2) is 30.3 Å². The van der Waals surface area contributed by atoms with Crippen molar-refractivity contribution in [3.05, 3.63) is 35.9 Å². The normalized spacial score (nSPS) is 16.5. The molecule has 24 heavy (non-hydrogen) atoms. The Morgan fingerprint density at radius 2 is 1.79 bits per heavy atom. The molecule has 0 aromatic heterocycles. The number of carbonyl (C=O) groups is 3. The van der Waals surface area contributed by atoms with E-state index in [1.54, 1.807) is 11.9 Å². The number of amides is 2. The van der Waals surface area contributed by atoms with Crippen LogP contribution in [0.2, 0.25) is 0 Å². The molecule has 1 heterocycles. The Kier molecular flexibility index (Phi) is 5.95. The zero-order chi connectivity index (χ0) is 17.7. The molecule has 1 aliphatic heterocycles. The lowest BCUT2D eigenvalue weighted by molar-refractivity contribution is -0.146. The van der Waals surface area contributed by atoms with Crippen molar-refractivity contribution in [1.29, 1.82) is 0 Å². The van der Waals surface area contributed by atoms with Crippen molar-refractivity contribution in [2.24, 2.45) is 5.92 Å². The van der Waals surface area contributed by atoms with Crippen LogP contribution < -0.4 is 0 Å². The molecule has 0 aliphatic carbocycles. The molecule has 0 spiro atoms. The van der Waals surface area contributed by atoms with E-state index in [4.69, 9.17) is 5.11 Å². The Hall–Kier alpha value is -2.37. The molecule has 0 unspecified atom stereocenters. The maximum atomic E-state index is 12.5. The van der Waals surface area contributed by atoms with Crippen molar-refractivity contribution in [2.45, 2.75) is 25.7 Å². The van der Waals surface area contributed by atoms with E-state index in [1.165, 1.54) is 4.90 Å². The Labute approximate surface area is 142 Å². The minimum absolute atomic E-state index is 0.0216. The van der Waals surface area contributed by atoms with Gasteiger partial charge in [-0.05, 0) is 25.3 Å². The number of aliphatic carboxylic acids is 1. The maximum Gasteiger partial charge on any atom is 0.306 e. The fourth-order valence-electron chi connectivity index (χ4n) is 2.97. The van der Waals surface area contributed by atoms with E-state index < -0.39 is 5.97 Å². The molecular weight excluding hydrogens is 308 g/mol. The minimum Gasteiger partial charge on any atom is -0.481 e. The van der Waals surface area contributed by atoms with Crippen LogP contribution in [0.1, 0.15) is 31.2 Å². The molecule has 0 saturated carbocycles. The number of carbonyl (C=O) groups excluding carboxylic acids is 2. The van der Waals surface area contributed by atoms with Crippen molar-refractivity contribution in [2.75, 3.05) is 26.7 Å². The maximum absolute atomic E-state index is 12.5. The van der Waals surface area contributed by atoms with Gasteiger partial charge in [-0.15, -0.1) is 0 Å². The zero-order valence-electron chi connectivity index (χ0n) is 14.1. The summed E-state index contributed by atoms with van der Waals surface area (Å²) in [5.74, 6) is -1.70. The third-order valence-electron chi connectivity index (χ3n) is 4.62. The standard InChI is InChI=1S/C18H24N2O4/c1-13(14-6-4-3-5-7-14)17(22)19(2)12-16(21)20-10-8-15(9-11-20)18(23)24/h3-7,13,15H,8-12H2,1-2H3,(H,23,24)/t13-/m1/s1. The van der Waals surface area contributed by atoms with Crippen LogP contribution in [0.25, 0.3) is 0 Å². The zero-order valence-corrected chi connectivity index (χ0v) is 14.1. The van der Waals surface area contributed by atoms with Gasteiger partial charge in [0.05, 0.1) is 18.4 Å². The summed E-state index contributed by atoms with van der Waals surface area (Å²) in [6.45, 7) is 2.73. The van der Waals surface area contributed by atoms with Gasteiger partial charge in [0.25, 0.3) is 0 Å². The lowest BCUT2D eigenvalue weighted by Gasteiger charge is -2.32. The highest BCUT2D eigenvalue weighted by Crippen LogP contribution is 2.19. The fraction of sp³-hybridized carbons (Fsp3) is 0.500. The molecule has 6 heteroatoms. The van der Waals surface area contributed by atoms with E-state index in [-0.39, 0.29) is 30.2 Å². The van der Waals surface area contributed by atoms with Crippen LogP contribution >= 0.6 is 0 Å². The van der Waals surface area contributed by atoms with E-state index in [1.807, 2.05) is 37.3 Å². The summed E-state index contributed by atoms with van der Waals surface area (Å²) < 4.78 is 0. The van der Waals surface area contributed by atoms with Gasteiger partial charge in [-0.2, -0.15) is 0 Å². The number of likely N-dealkylation sites (N-methyl/N-ethyl adjacent to an activating group) is 1. The van der Waals surface area contributed by atoms with Gasteiger partial charge in [-0.3, -0.25) is 14.4 Å². The molecule has 0 bridgehead atoms. The predicted octanol–water partition coefficient (Wildman–Crippen LogP) is 1.57. The number of nitrogens with zero attached hydrogens (tertiary/aromatic N) is 2. The van der Waals surface area contributed by atoms with Crippen LogP contribution in [0.3, 0.4) is 0 Å². The highest BCUT2D eigenvalue weighted by Gasteiger charge is 2.28. The smallest absolute Gasteiger partial charge is 0.306 e. The number of hydrogen-bond acceptors (Lipinski definition) is 3. The van der Waals surface area contributed by atoms with E-state index >= 15 is 0 Å². The third-order valence-corrected chi connectivity index (χ3v) is 4.62. The number of piperidine rings is 1. The molecule has 1 saturated heterocycles. The molecule has 1 aromatic rings. The molecule has 2 amide bonds. The van der Waals surface area contributed by atoms with Gasteiger partial charge >= 0.3 is 5.97 Å². The Bertz CT molecular complexity index is 594. The Morgan fingerprint density at radius 1 is 1.21 bits per heavy atom. The van der Waals surface area contributed by atoms with Gasteiger partial charge in [0, 0.05) is 20.1 Å². The average Bonchev–Trinajstić information content (AvgIpc) is 2.61. The topological polar surface area (TPSA) is 77.9 Å². The number of benzene rings is 1. The first-order valence-corrected chi connectivity index (χ1v) is 8.20. The van der Waals surface area contributed by atoms with Gasteiger partial charge < -0.3 is 14.9 Å². The second-order valence-corrected chi connectivity index (χ2v) is 6.32. The summed E-state index contributed by atoms with van der Waals surface area (Å²) >= 11 is 0. The van der Waals surface area contributed by atoms with Crippen molar-refractivity contribution in [3.63, 3.8) is 0 Å². The summed E-state index contributed by atoms with van der Waals surface area (Å²) in [4.78, 5) is 38.9. The molecule has 130 valence electrons. The van der Waals surface area contributed by atoms with Crippen molar-refractivity contribution >= 4 is 17.8 Å². The van der Waals surface area contributed by atoms with Gasteiger partial charge in [0.2, 0.25) is 11.8 Å². The lowest BCUT2D eigenvalue weighted by atomic mass is 9.97. The lowest BCUT2D eigenvalue weighted by Crippen LogP contribution is -2.46. The van der Waals surface area contributed by atoms with Gasteiger partial charge in [0.1, 0.15) is 0 Å². The number of carboxylic acids is 1. The van der Waals surface area contributed by atoms with Crippen LogP contribution in [-0.2, 0) is 14.4 Å². The number of rotatable bonds is 5. The van der Waals surface area contributed by atoms with Crippen LogP contribution in [0, 0.1) is 5.92 Å². The number of likely N-dealkylation sites (tertiary alicyclic amines) is 1. The highest BCUT2D eigenvalue weighted by atomic mass is 16.4. The fourth-order valence-corrected chi connectivity index (χ4v) is 2.97. The first kappa shape index (κ1) is 18.0. The average molecular weight is 332 g/mol. The second kappa shape index (κ2) is 7.95. The van der Waals surface area contributed by atoms with Crippen molar-refractivity contribution < 1.29 is 19.5 Å². The Morgan fingerprint density at radius 3 is 2.33 bits per heavy atom. The summed E-state index contributed by atoms with van der Waals surface area (Å²) in [6, 6.07) is 9.46. The first-order chi connectivity index (χ1) is 11.4. The van der Waals surface area contributed by atoms with Gasteiger partial charge in [-0.25, -0.2) is 0 Å². The largest absolute Gasteiger partial charge is 0.481 e. The summed E-state index contributed by atoms with van der Waals surface area (Å²) in [5, 5.41) is 8.99. The monoisotopic (exact) mass is 332 g/mol. The molecule has 1 fully saturated rings. The number of carboxylic acid groups (broad SMARTS) is 1. The van der Waals surface area contributed by atoms with Gasteiger partial charge in [0.15, 0.2) is 0 Å². The molecule has 2 rings (SSSR count). The van der Waals surface area contributed by atoms with Crippen molar-refractivity contribution in [1.82, 2.24) is 9.80 Å². The molecule has 1 aromatic carbocycles. The van der Waals surface area contributed by atoms with Crippen LogP contribution in [0.4, 0.5) is 0 Å². The van der Waals surface area contributed by atoms with E-state index in [0.29, 0.717) is 25.9 Å².